The molecule has 7 heteroatoms. The molecule has 0 spiro atoms. The molecule has 1 heterocycles. The highest BCUT2D eigenvalue weighted by atomic mass is 32.1. The Labute approximate surface area is 127 Å². The van der Waals surface area contributed by atoms with Crippen molar-refractivity contribution >= 4 is 17.2 Å². The zero-order valence-corrected chi connectivity index (χ0v) is 13.4. The Kier molecular flexibility index (Phi) is 6.10. The van der Waals surface area contributed by atoms with E-state index in [-0.39, 0.29) is 16.0 Å². The number of aliphatic hydroxyl groups is 1. The van der Waals surface area contributed by atoms with Crippen LogP contribution in [0.25, 0.3) is 0 Å². The number of nitrogens with one attached hydrogen (secondary N) is 1. The molecule has 1 unspecified atom stereocenters. The highest BCUT2D eigenvalue weighted by Crippen LogP contribution is 2.30. The van der Waals surface area contributed by atoms with Gasteiger partial charge in [-0.05, 0) is 31.7 Å². The van der Waals surface area contributed by atoms with Crippen molar-refractivity contribution in [2.75, 3.05) is 6.54 Å². The summed E-state index contributed by atoms with van der Waals surface area (Å²) in [5.41, 5.74) is -0.292. The third kappa shape index (κ3) is 5.97. The van der Waals surface area contributed by atoms with E-state index in [1.165, 1.54) is 6.07 Å². The highest BCUT2D eigenvalue weighted by molar-refractivity contribution is 7.14. The van der Waals surface area contributed by atoms with E-state index in [1.54, 1.807) is 13.8 Å². The van der Waals surface area contributed by atoms with Gasteiger partial charge < -0.3 is 15.2 Å². The number of carbonyl (C=O) groups is 1. The van der Waals surface area contributed by atoms with E-state index in [4.69, 9.17) is 0 Å². The number of alkyl halides is 2. The average Bonchev–Trinajstić information content (AvgIpc) is 2.64. The van der Waals surface area contributed by atoms with Crippen LogP contribution >= 0.6 is 11.3 Å². The molecular formula is C14H21F2NO3S. The largest absolute Gasteiger partial charge is 0.433 e. The zero-order chi connectivity index (χ0) is 16.2. The fourth-order valence-electron chi connectivity index (χ4n) is 2.10. The summed E-state index contributed by atoms with van der Waals surface area (Å²) in [6, 6.07) is 1.42. The molecule has 0 aliphatic rings. The number of aryl methyl sites for hydroxylation is 1. The van der Waals surface area contributed by atoms with Gasteiger partial charge in [-0.3, -0.25) is 4.79 Å². The van der Waals surface area contributed by atoms with Crippen molar-refractivity contribution in [3.63, 3.8) is 0 Å². The van der Waals surface area contributed by atoms with E-state index in [0.717, 1.165) is 16.2 Å². The topological polar surface area (TPSA) is 58.6 Å². The van der Waals surface area contributed by atoms with Gasteiger partial charge in [0.2, 0.25) is 0 Å². The minimum atomic E-state index is -2.96. The van der Waals surface area contributed by atoms with Crippen LogP contribution in [0, 0.1) is 12.3 Å². The molecule has 0 aliphatic carbocycles. The molecule has 4 nitrogen and oxygen atoms in total. The monoisotopic (exact) mass is 321 g/mol. The van der Waals surface area contributed by atoms with Gasteiger partial charge in [0.25, 0.3) is 5.91 Å². The lowest BCUT2D eigenvalue weighted by Crippen LogP contribution is -2.35. The maximum Gasteiger partial charge on any atom is 0.387 e. The van der Waals surface area contributed by atoms with Crippen LogP contribution in [0.2, 0.25) is 0 Å². The molecule has 0 saturated heterocycles. The van der Waals surface area contributed by atoms with E-state index in [0.29, 0.717) is 13.0 Å². The Morgan fingerprint density at radius 3 is 2.67 bits per heavy atom. The molecule has 120 valence electrons. The van der Waals surface area contributed by atoms with Crippen molar-refractivity contribution in [3.8, 4) is 5.75 Å². The third-order valence-electron chi connectivity index (χ3n) is 2.82. The van der Waals surface area contributed by atoms with Crippen LogP contribution in [0.15, 0.2) is 6.07 Å². The smallest absolute Gasteiger partial charge is 0.387 e. The molecule has 1 amide bonds. The van der Waals surface area contributed by atoms with Gasteiger partial charge in [-0.1, -0.05) is 13.8 Å². The van der Waals surface area contributed by atoms with Crippen molar-refractivity contribution in [1.29, 1.82) is 0 Å². The Morgan fingerprint density at radius 1 is 1.52 bits per heavy atom. The second-order valence-corrected chi connectivity index (χ2v) is 7.09. The Morgan fingerprint density at radius 2 is 2.14 bits per heavy atom. The predicted molar refractivity (Wildman–Crippen MR) is 78.1 cm³/mol. The SMILES string of the molecule is Cc1cc(OC(F)F)c(C(=O)NCC(C)(C)CC(C)O)s1. The number of amides is 1. The van der Waals surface area contributed by atoms with Crippen LogP contribution in [0.4, 0.5) is 8.78 Å². The number of rotatable bonds is 7. The van der Waals surface area contributed by atoms with E-state index in [9.17, 15) is 18.7 Å². The number of aliphatic hydroxyl groups excluding tert-OH is 1. The van der Waals surface area contributed by atoms with Gasteiger partial charge in [0, 0.05) is 11.4 Å². The highest BCUT2D eigenvalue weighted by Gasteiger charge is 2.24. The summed E-state index contributed by atoms with van der Waals surface area (Å²) >= 11 is 1.11. The van der Waals surface area contributed by atoms with Gasteiger partial charge in [-0.15, -0.1) is 11.3 Å². The number of hydrogen-bond acceptors (Lipinski definition) is 4. The molecule has 0 fully saturated rings. The Bertz CT molecular complexity index is 487. The molecule has 0 aromatic carbocycles. The standard InChI is InChI=1S/C14H21F2NO3S/c1-8(18)6-14(3,4)7-17-12(19)11-10(20-13(15)16)5-9(2)21-11/h5,8,13,18H,6-7H2,1-4H3,(H,17,19). The van der Waals surface area contributed by atoms with Crippen LogP contribution < -0.4 is 10.1 Å². The first-order chi connectivity index (χ1) is 9.60. The molecule has 1 aromatic heterocycles. The van der Waals surface area contributed by atoms with Crippen LogP contribution in [-0.2, 0) is 0 Å². The van der Waals surface area contributed by atoms with Gasteiger partial charge in [-0.2, -0.15) is 8.78 Å². The quantitative estimate of drug-likeness (QED) is 0.811. The van der Waals surface area contributed by atoms with E-state index in [1.807, 2.05) is 13.8 Å². The summed E-state index contributed by atoms with van der Waals surface area (Å²) in [4.78, 5) is 13.0. The van der Waals surface area contributed by atoms with E-state index < -0.39 is 18.6 Å². The maximum atomic E-state index is 12.3. The van der Waals surface area contributed by atoms with Crippen molar-refractivity contribution in [2.24, 2.45) is 5.41 Å². The molecule has 0 bridgehead atoms. The number of ether oxygens (including phenoxy) is 1. The molecule has 0 radical (unpaired) electrons. The normalized spacial score (nSPS) is 13.3. The lowest BCUT2D eigenvalue weighted by molar-refractivity contribution is -0.0498. The van der Waals surface area contributed by atoms with Gasteiger partial charge in [-0.25, -0.2) is 0 Å². The zero-order valence-electron chi connectivity index (χ0n) is 12.6. The second kappa shape index (κ2) is 7.17. The average molecular weight is 321 g/mol. The molecule has 2 N–H and O–H groups in total. The number of thiophene rings is 1. The first kappa shape index (κ1) is 17.8. The first-order valence-corrected chi connectivity index (χ1v) is 7.44. The lowest BCUT2D eigenvalue weighted by atomic mass is 9.87. The van der Waals surface area contributed by atoms with Gasteiger partial charge >= 0.3 is 6.61 Å². The second-order valence-electron chi connectivity index (χ2n) is 5.83. The Hall–Kier alpha value is -1.21. The number of halogens is 2. The fraction of sp³-hybridized carbons (Fsp3) is 0.643. The number of hydrogen-bond donors (Lipinski definition) is 2. The van der Waals surface area contributed by atoms with E-state index >= 15 is 0 Å². The third-order valence-corrected chi connectivity index (χ3v) is 3.85. The molecule has 0 saturated carbocycles. The lowest BCUT2D eigenvalue weighted by Gasteiger charge is -2.26. The first-order valence-electron chi connectivity index (χ1n) is 6.62. The van der Waals surface area contributed by atoms with Crippen LogP contribution in [0.1, 0.15) is 41.7 Å². The minimum Gasteiger partial charge on any atom is -0.433 e. The van der Waals surface area contributed by atoms with Crippen molar-refractivity contribution < 1.29 is 23.4 Å². The van der Waals surface area contributed by atoms with Gasteiger partial charge in [0.15, 0.2) is 0 Å². The Balaban J connectivity index is 2.72. The van der Waals surface area contributed by atoms with Crippen molar-refractivity contribution in [2.45, 2.75) is 46.8 Å². The predicted octanol–water partition coefficient (Wildman–Crippen LogP) is 3.18. The van der Waals surface area contributed by atoms with Gasteiger partial charge in [0.05, 0.1) is 6.10 Å². The summed E-state index contributed by atoms with van der Waals surface area (Å²) < 4.78 is 29.0. The van der Waals surface area contributed by atoms with E-state index in [2.05, 4.69) is 10.1 Å². The van der Waals surface area contributed by atoms with Gasteiger partial charge in [0.1, 0.15) is 10.6 Å². The molecule has 21 heavy (non-hydrogen) atoms. The van der Waals surface area contributed by atoms with Crippen molar-refractivity contribution in [1.82, 2.24) is 5.32 Å². The van der Waals surface area contributed by atoms with Crippen LogP contribution in [0.3, 0.4) is 0 Å². The number of carbonyl (C=O) groups excluding carboxylic acids is 1. The summed E-state index contributed by atoms with van der Waals surface area (Å²) in [6.07, 6.45) is 0.0514. The minimum absolute atomic E-state index is 0.0988. The maximum absolute atomic E-state index is 12.3. The molecular weight excluding hydrogens is 300 g/mol. The molecule has 1 aromatic rings. The van der Waals surface area contributed by atoms with Crippen LogP contribution in [-0.4, -0.2) is 30.3 Å². The summed E-state index contributed by atoms with van der Waals surface area (Å²) in [6.45, 7) is 4.60. The summed E-state index contributed by atoms with van der Waals surface area (Å²) in [5, 5.41) is 12.1. The summed E-state index contributed by atoms with van der Waals surface area (Å²) in [7, 11) is 0. The van der Waals surface area contributed by atoms with Crippen molar-refractivity contribution in [3.05, 3.63) is 15.8 Å². The molecule has 0 aliphatic heterocycles. The van der Waals surface area contributed by atoms with Crippen LogP contribution in [0.5, 0.6) is 5.75 Å². The summed E-state index contributed by atoms with van der Waals surface area (Å²) in [5.74, 6) is -0.541. The fourth-order valence-corrected chi connectivity index (χ4v) is 2.96. The molecule has 1 atom stereocenters. The molecule has 1 rings (SSSR count).